The van der Waals surface area contributed by atoms with Crippen molar-refractivity contribution >= 4 is 23.2 Å². The smallest absolute Gasteiger partial charge is 0.264 e. The van der Waals surface area contributed by atoms with E-state index in [-0.39, 0.29) is 12.0 Å². The van der Waals surface area contributed by atoms with Crippen LogP contribution in [-0.4, -0.2) is 53.6 Å². The summed E-state index contributed by atoms with van der Waals surface area (Å²) >= 11 is 1.48. The number of carbonyl (C=O) groups excluding carboxylic acids is 1. The van der Waals surface area contributed by atoms with Crippen molar-refractivity contribution in [2.45, 2.75) is 18.9 Å². The molecule has 1 amide bonds. The molecule has 0 bridgehead atoms. The molecule has 2 aliphatic rings. The summed E-state index contributed by atoms with van der Waals surface area (Å²) in [4.78, 5) is 26.5. The molecule has 126 valence electrons. The van der Waals surface area contributed by atoms with E-state index < -0.39 is 0 Å². The van der Waals surface area contributed by atoms with Crippen LogP contribution in [0.1, 0.15) is 34.3 Å². The molecule has 2 fully saturated rings. The van der Waals surface area contributed by atoms with E-state index in [0.717, 1.165) is 29.6 Å². The van der Waals surface area contributed by atoms with Crippen LogP contribution in [0.2, 0.25) is 0 Å². The standard InChI is InChI=1S/C17H20N4O2S/c22-16(15-4-3-11-24-15)21-9-10-23-14(12-21)13-5-6-18-17(19-13)20-7-1-2-8-20/h3-6,11,14H,1-2,7-10,12H2/t14-/m0/s1. The van der Waals surface area contributed by atoms with E-state index in [1.54, 1.807) is 6.20 Å². The number of aromatic nitrogens is 2. The van der Waals surface area contributed by atoms with Gasteiger partial charge < -0.3 is 14.5 Å². The Morgan fingerprint density at radius 2 is 2.12 bits per heavy atom. The van der Waals surface area contributed by atoms with E-state index in [0.29, 0.717) is 19.7 Å². The third kappa shape index (κ3) is 3.14. The number of ether oxygens (including phenoxy) is 1. The maximum Gasteiger partial charge on any atom is 0.264 e. The summed E-state index contributed by atoms with van der Waals surface area (Å²) in [6.07, 6.45) is 3.99. The van der Waals surface area contributed by atoms with Gasteiger partial charge in [-0.15, -0.1) is 11.3 Å². The monoisotopic (exact) mass is 344 g/mol. The fraction of sp³-hybridized carbons (Fsp3) is 0.471. The Morgan fingerprint density at radius 1 is 1.25 bits per heavy atom. The first-order valence-electron chi connectivity index (χ1n) is 8.33. The molecule has 0 unspecified atom stereocenters. The Morgan fingerprint density at radius 3 is 2.92 bits per heavy atom. The molecule has 0 aliphatic carbocycles. The van der Waals surface area contributed by atoms with Crippen LogP contribution in [0.5, 0.6) is 0 Å². The van der Waals surface area contributed by atoms with Crippen LogP contribution in [0.25, 0.3) is 0 Å². The highest BCUT2D eigenvalue weighted by atomic mass is 32.1. The second-order valence-corrected chi connectivity index (χ2v) is 7.01. The number of morpholine rings is 1. The van der Waals surface area contributed by atoms with Gasteiger partial charge in [0, 0.05) is 25.8 Å². The fourth-order valence-corrected chi connectivity index (χ4v) is 3.87. The molecule has 2 saturated heterocycles. The minimum Gasteiger partial charge on any atom is -0.368 e. The van der Waals surface area contributed by atoms with Crippen molar-refractivity contribution in [2.24, 2.45) is 0 Å². The van der Waals surface area contributed by atoms with Crippen LogP contribution < -0.4 is 4.90 Å². The van der Waals surface area contributed by atoms with Gasteiger partial charge in [-0.2, -0.15) is 0 Å². The second kappa shape index (κ2) is 6.86. The first-order valence-corrected chi connectivity index (χ1v) is 9.21. The van der Waals surface area contributed by atoms with E-state index in [4.69, 9.17) is 4.74 Å². The molecule has 0 spiro atoms. The molecule has 24 heavy (non-hydrogen) atoms. The summed E-state index contributed by atoms with van der Waals surface area (Å²) in [6, 6.07) is 5.67. The molecule has 0 saturated carbocycles. The Balaban J connectivity index is 1.49. The first-order chi connectivity index (χ1) is 11.8. The number of amides is 1. The van der Waals surface area contributed by atoms with Crippen LogP contribution in [0.15, 0.2) is 29.8 Å². The molecule has 4 rings (SSSR count). The average molecular weight is 344 g/mol. The van der Waals surface area contributed by atoms with Crippen LogP contribution >= 0.6 is 11.3 Å². The quantitative estimate of drug-likeness (QED) is 0.855. The van der Waals surface area contributed by atoms with Gasteiger partial charge in [0.25, 0.3) is 5.91 Å². The SMILES string of the molecule is O=C(c1cccs1)N1CCO[C@H](c2ccnc(N3CCCC3)n2)C1. The van der Waals surface area contributed by atoms with E-state index in [9.17, 15) is 4.79 Å². The highest BCUT2D eigenvalue weighted by Gasteiger charge is 2.28. The third-order valence-corrected chi connectivity index (χ3v) is 5.33. The summed E-state index contributed by atoms with van der Waals surface area (Å²) < 4.78 is 5.88. The van der Waals surface area contributed by atoms with Gasteiger partial charge in [-0.25, -0.2) is 9.97 Å². The molecule has 2 aliphatic heterocycles. The summed E-state index contributed by atoms with van der Waals surface area (Å²) in [5, 5.41) is 1.93. The summed E-state index contributed by atoms with van der Waals surface area (Å²) in [5.74, 6) is 0.849. The Hall–Kier alpha value is -1.99. The number of rotatable bonds is 3. The number of anilines is 1. The van der Waals surface area contributed by atoms with Gasteiger partial charge in [0.2, 0.25) is 5.95 Å². The molecule has 7 heteroatoms. The molecular formula is C17H20N4O2S. The Labute approximate surface area is 145 Å². The molecule has 0 N–H and O–H groups in total. The highest BCUT2D eigenvalue weighted by Crippen LogP contribution is 2.24. The predicted molar refractivity (Wildman–Crippen MR) is 92.4 cm³/mol. The van der Waals surface area contributed by atoms with E-state index in [2.05, 4.69) is 14.9 Å². The van der Waals surface area contributed by atoms with Crippen molar-refractivity contribution in [2.75, 3.05) is 37.7 Å². The van der Waals surface area contributed by atoms with Crippen molar-refractivity contribution in [1.82, 2.24) is 14.9 Å². The van der Waals surface area contributed by atoms with E-state index in [1.807, 2.05) is 28.5 Å². The lowest BCUT2D eigenvalue weighted by Crippen LogP contribution is -2.42. The second-order valence-electron chi connectivity index (χ2n) is 6.06. The maximum absolute atomic E-state index is 12.6. The van der Waals surface area contributed by atoms with Gasteiger partial charge in [0.05, 0.1) is 23.7 Å². The minimum atomic E-state index is -0.188. The van der Waals surface area contributed by atoms with Crippen LogP contribution in [0.4, 0.5) is 5.95 Å². The molecule has 6 nitrogen and oxygen atoms in total. The minimum absolute atomic E-state index is 0.0760. The highest BCUT2D eigenvalue weighted by molar-refractivity contribution is 7.12. The van der Waals surface area contributed by atoms with Crippen molar-refractivity contribution in [1.29, 1.82) is 0 Å². The number of hydrogen-bond acceptors (Lipinski definition) is 6. The molecule has 2 aromatic heterocycles. The van der Waals surface area contributed by atoms with Gasteiger partial charge in [0.1, 0.15) is 6.10 Å². The van der Waals surface area contributed by atoms with E-state index in [1.165, 1.54) is 24.2 Å². The molecule has 4 heterocycles. The fourth-order valence-electron chi connectivity index (χ4n) is 3.18. The Kier molecular flexibility index (Phi) is 4.44. The van der Waals surface area contributed by atoms with Crippen molar-refractivity contribution in [3.05, 3.63) is 40.3 Å². The lowest BCUT2D eigenvalue weighted by atomic mass is 10.2. The van der Waals surface area contributed by atoms with E-state index >= 15 is 0 Å². The number of carbonyl (C=O) groups is 1. The van der Waals surface area contributed by atoms with Crippen LogP contribution in [-0.2, 0) is 4.74 Å². The lowest BCUT2D eigenvalue weighted by molar-refractivity contribution is -0.0245. The zero-order valence-electron chi connectivity index (χ0n) is 13.4. The number of nitrogens with zero attached hydrogens (tertiary/aromatic N) is 4. The largest absolute Gasteiger partial charge is 0.368 e. The number of thiophene rings is 1. The Bertz CT molecular complexity index is 700. The summed E-state index contributed by atoms with van der Waals surface area (Å²) in [7, 11) is 0. The van der Waals surface area contributed by atoms with Gasteiger partial charge in [0.15, 0.2) is 0 Å². The van der Waals surface area contributed by atoms with Crippen molar-refractivity contribution in [3.63, 3.8) is 0 Å². The van der Waals surface area contributed by atoms with Gasteiger partial charge >= 0.3 is 0 Å². The molecular weight excluding hydrogens is 324 g/mol. The zero-order valence-corrected chi connectivity index (χ0v) is 14.2. The van der Waals surface area contributed by atoms with Gasteiger partial charge in [-0.05, 0) is 30.4 Å². The van der Waals surface area contributed by atoms with Crippen molar-refractivity contribution in [3.8, 4) is 0 Å². The molecule has 0 aromatic carbocycles. The lowest BCUT2D eigenvalue weighted by Gasteiger charge is -2.32. The summed E-state index contributed by atoms with van der Waals surface area (Å²) in [6.45, 7) is 3.71. The normalized spacial score (nSPS) is 21.2. The van der Waals surface area contributed by atoms with Gasteiger partial charge in [-0.1, -0.05) is 6.07 Å². The molecule has 1 atom stereocenters. The third-order valence-electron chi connectivity index (χ3n) is 4.47. The van der Waals surface area contributed by atoms with Crippen molar-refractivity contribution < 1.29 is 9.53 Å². The first kappa shape index (κ1) is 15.5. The predicted octanol–water partition coefficient (Wildman–Crippen LogP) is 2.35. The summed E-state index contributed by atoms with van der Waals surface area (Å²) in [5.41, 5.74) is 0.857. The number of hydrogen-bond donors (Lipinski definition) is 0. The van der Waals surface area contributed by atoms with Crippen LogP contribution in [0.3, 0.4) is 0 Å². The molecule has 0 radical (unpaired) electrons. The molecule has 2 aromatic rings. The average Bonchev–Trinajstić information content (AvgIpc) is 3.35. The van der Waals surface area contributed by atoms with Crippen LogP contribution in [0, 0.1) is 0 Å². The zero-order chi connectivity index (χ0) is 16.4. The topological polar surface area (TPSA) is 58.6 Å². The maximum atomic E-state index is 12.6. The van der Waals surface area contributed by atoms with Gasteiger partial charge in [-0.3, -0.25) is 4.79 Å².